The normalized spacial score (nSPS) is 13.3. The van der Waals surface area contributed by atoms with Crippen LogP contribution in [0.15, 0.2) is 24.3 Å². The van der Waals surface area contributed by atoms with Gasteiger partial charge in [0.2, 0.25) is 0 Å². The molecule has 0 bridgehead atoms. The molecule has 0 atom stereocenters. The molecule has 0 aliphatic carbocycles. The highest BCUT2D eigenvalue weighted by Gasteiger charge is 2.05. The smallest absolute Gasteiger partial charge is 0.139 e. The molecule has 1 aromatic carbocycles. The van der Waals surface area contributed by atoms with Gasteiger partial charge in [-0.25, -0.2) is 0 Å². The summed E-state index contributed by atoms with van der Waals surface area (Å²) in [6.07, 6.45) is 0. The topological polar surface area (TPSA) is 38.3 Å². The molecule has 1 aromatic rings. The van der Waals surface area contributed by atoms with E-state index in [9.17, 15) is 0 Å². The van der Waals surface area contributed by atoms with E-state index in [1.165, 1.54) is 5.56 Å². The molecule has 2 rings (SSSR count). The van der Waals surface area contributed by atoms with Gasteiger partial charge in [-0.3, -0.25) is 9.88 Å². The average Bonchev–Trinajstić information content (AvgIpc) is 2.21. The fourth-order valence-corrected chi connectivity index (χ4v) is 1.11. The Kier molecular flexibility index (Phi) is 3.71. The van der Waals surface area contributed by atoms with Crippen molar-refractivity contribution in [2.75, 3.05) is 6.73 Å². The van der Waals surface area contributed by atoms with Crippen molar-refractivity contribution in [3.63, 3.8) is 0 Å². The van der Waals surface area contributed by atoms with Crippen molar-refractivity contribution in [2.24, 2.45) is 0 Å². The van der Waals surface area contributed by atoms with Gasteiger partial charge in [-0.15, -0.1) is 0 Å². The van der Waals surface area contributed by atoms with Crippen LogP contribution in [0.3, 0.4) is 0 Å². The zero-order chi connectivity index (χ0) is 8.81. The van der Waals surface area contributed by atoms with E-state index in [2.05, 4.69) is 11.4 Å². The zero-order valence-corrected chi connectivity index (χ0v) is 7.54. The maximum Gasteiger partial charge on any atom is 0.139 e. The van der Waals surface area contributed by atoms with E-state index in [-0.39, 0.29) is 0 Å². The Morgan fingerprint density at radius 2 is 2.08 bits per heavy atom. The minimum Gasteiger partial charge on any atom is -0.478 e. The van der Waals surface area contributed by atoms with Crippen molar-refractivity contribution >= 4 is 9.12 Å². The Labute approximate surface area is 73.4 Å². The highest BCUT2D eigenvalue weighted by molar-refractivity contribution is 7.00. The molecule has 0 radical (unpaired) electrons. The quantitative estimate of drug-likeness (QED) is 0.621. The number of para-hydroxylation sites is 1. The second-order valence-electron chi connectivity index (χ2n) is 2.32. The first-order valence-electron chi connectivity index (χ1n) is 3.58. The van der Waals surface area contributed by atoms with Crippen LogP contribution in [0.25, 0.3) is 0 Å². The van der Waals surface area contributed by atoms with Crippen molar-refractivity contribution in [1.29, 1.82) is 0 Å². The number of ether oxygens (including phenoxy) is 1. The summed E-state index contributed by atoms with van der Waals surface area (Å²) in [5.41, 5.74) is 1.24. The van der Waals surface area contributed by atoms with Crippen molar-refractivity contribution in [2.45, 2.75) is 6.54 Å². The summed E-state index contributed by atoms with van der Waals surface area (Å²) < 4.78 is 13.4. The fraction of sp³-hybridized carbons (Fsp3) is 0.250. The van der Waals surface area contributed by atoms with Crippen LogP contribution >= 0.6 is 9.12 Å². The molecular weight excluding hydrogens is 173 g/mol. The average molecular weight is 183 g/mol. The largest absolute Gasteiger partial charge is 0.478 e. The molecule has 1 aliphatic rings. The van der Waals surface area contributed by atoms with E-state index in [4.69, 9.17) is 9.30 Å². The third kappa shape index (κ3) is 2.03. The molecular formula is C8H10NO2P. The Morgan fingerprint density at radius 3 is 2.83 bits per heavy atom. The van der Waals surface area contributed by atoms with Gasteiger partial charge in [0.05, 0.1) is 0 Å². The summed E-state index contributed by atoms with van der Waals surface area (Å²) >= 11 is 0. The van der Waals surface area contributed by atoms with Crippen LogP contribution in [0.1, 0.15) is 5.56 Å². The van der Waals surface area contributed by atoms with E-state index in [0.717, 1.165) is 12.3 Å². The lowest BCUT2D eigenvalue weighted by molar-refractivity contribution is 0.257. The summed E-state index contributed by atoms with van der Waals surface area (Å²) in [5.74, 6) is 1.02. The van der Waals surface area contributed by atoms with Crippen molar-refractivity contribution in [3.8, 4) is 5.75 Å². The van der Waals surface area contributed by atoms with Crippen molar-refractivity contribution in [1.82, 2.24) is 5.32 Å². The Morgan fingerprint density at radius 1 is 1.33 bits per heavy atom. The van der Waals surface area contributed by atoms with E-state index in [1.54, 1.807) is 9.12 Å². The first-order chi connectivity index (χ1) is 5.97. The van der Waals surface area contributed by atoms with Crippen LogP contribution in [-0.4, -0.2) is 6.73 Å². The Balaban J connectivity index is 0.000000336. The second kappa shape index (κ2) is 4.86. The standard InChI is InChI=1S/C8H9NO.HOP/c1-2-4-8-7(3-1)5-9-6-10-8;1-2/h1-4,9H,5-6H2;2H. The molecule has 0 saturated carbocycles. The summed E-state index contributed by atoms with van der Waals surface area (Å²) in [5, 5.41) is 3.12. The molecule has 0 aromatic heterocycles. The SMILES string of the molecule is O=P.c1ccc2c(c1)CNCO2. The van der Waals surface area contributed by atoms with Crippen molar-refractivity contribution in [3.05, 3.63) is 29.8 Å². The maximum atomic E-state index is 8.06. The van der Waals surface area contributed by atoms with E-state index in [0.29, 0.717) is 6.73 Å². The molecule has 0 spiro atoms. The monoisotopic (exact) mass is 183 g/mol. The number of hydrogen-bond donors (Lipinski definition) is 1. The number of hydrogen-bond acceptors (Lipinski definition) is 3. The van der Waals surface area contributed by atoms with Gasteiger partial charge in [0, 0.05) is 12.1 Å². The molecule has 64 valence electrons. The van der Waals surface area contributed by atoms with Crippen molar-refractivity contribution < 1.29 is 9.30 Å². The molecule has 3 nitrogen and oxygen atoms in total. The lowest BCUT2D eigenvalue weighted by atomic mass is 10.2. The molecule has 0 unspecified atom stereocenters. The molecule has 0 saturated heterocycles. The van der Waals surface area contributed by atoms with Gasteiger partial charge in [-0.2, -0.15) is 0 Å². The predicted molar refractivity (Wildman–Crippen MR) is 47.8 cm³/mol. The Hall–Kier alpha value is -0.920. The highest BCUT2D eigenvalue weighted by atomic mass is 31.0. The van der Waals surface area contributed by atoms with Gasteiger partial charge in [-0.05, 0) is 6.07 Å². The maximum absolute atomic E-state index is 8.06. The van der Waals surface area contributed by atoms with Crippen LogP contribution in [-0.2, 0) is 11.1 Å². The van der Waals surface area contributed by atoms with Crippen LogP contribution in [0, 0.1) is 0 Å². The van der Waals surface area contributed by atoms with Gasteiger partial charge in [0.25, 0.3) is 0 Å². The number of fused-ring (bicyclic) bond motifs is 1. The summed E-state index contributed by atoms with van der Waals surface area (Å²) in [6.45, 7) is 1.56. The zero-order valence-electron chi connectivity index (χ0n) is 6.54. The second-order valence-corrected chi connectivity index (χ2v) is 2.32. The highest BCUT2D eigenvalue weighted by Crippen LogP contribution is 2.19. The van der Waals surface area contributed by atoms with Crippen LogP contribution in [0.2, 0.25) is 0 Å². The third-order valence-electron chi connectivity index (χ3n) is 1.62. The molecule has 0 amide bonds. The number of nitrogens with one attached hydrogen (secondary N) is 1. The van der Waals surface area contributed by atoms with Gasteiger partial charge < -0.3 is 4.74 Å². The minimum atomic E-state index is 0.636. The molecule has 12 heavy (non-hydrogen) atoms. The van der Waals surface area contributed by atoms with Crippen LogP contribution in [0.4, 0.5) is 0 Å². The molecule has 1 aliphatic heterocycles. The number of rotatable bonds is 0. The summed E-state index contributed by atoms with van der Waals surface area (Å²) in [6, 6.07) is 8.08. The van der Waals surface area contributed by atoms with E-state index < -0.39 is 0 Å². The van der Waals surface area contributed by atoms with E-state index in [1.807, 2.05) is 18.2 Å². The van der Waals surface area contributed by atoms with Gasteiger partial charge >= 0.3 is 0 Å². The first kappa shape index (κ1) is 9.17. The summed E-state index contributed by atoms with van der Waals surface area (Å²) in [4.78, 5) is 0. The van der Waals surface area contributed by atoms with E-state index >= 15 is 0 Å². The minimum absolute atomic E-state index is 0.636. The molecule has 4 heteroatoms. The van der Waals surface area contributed by atoms with Gasteiger partial charge in [0.1, 0.15) is 21.6 Å². The molecule has 0 fully saturated rings. The fourth-order valence-electron chi connectivity index (χ4n) is 1.11. The van der Waals surface area contributed by atoms with Gasteiger partial charge in [-0.1, -0.05) is 18.2 Å². The summed E-state index contributed by atoms with van der Waals surface area (Å²) in [7, 11) is 1.72. The lowest BCUT2D eigenvalue weighted by Crippen LogP contribution is -2.24. The number of benzene rings is 1. The first-order valence-corrected chi connectivity index (χ1v) is 3.99. The molecule has 1 N–H and O–H groups in total. The lowest BCUT2D eigenvalue weighted by Gasteiger charge is -2.17. The van der Waals surface area contributed by atoms with Crippen LogP contribution < -0.4 is 10.1 Å². The Bertz CT molecular complexity index is 230. The van der Waals surface area contributed by atoms with Gasteiger partial charge in [0.15, 0.2) is 0 Å². The third-order valence-corrected chi connectivity index (χ3v) is 1.62. The predicted octanol–water partition coefficient (Wildman–Crippen LogP) is 1.60. The van der Waals surface area contributed by atoms with Crippen LogP contribution in [0.5, 0.6) is 5.75 Å². The molecule has 1 heterocycles.